The third-order valence-corrected chi connectivity index (χ3v) is 8.24. The van der Waals surface area contributed by atoms with Crippen molar-refractivity contribution in [2.75, 3.05) is 39.3 Å². The Labute approximate surface area is 198 Å². The molecule has 1 spiro atoms. The van der Waals surface area contributed by atoms with Crippen LogP contribution >= 0.6 is 0 Å². The van der Waals surface area contributed by atoms with Crippen molar-refractivity contribution in [3.8, 4) is 0 Å². The van der Waals surface area contributed by atoms with E-state index in [1.807, 2.05) is 0 Å². The van der Waals surface area contributed by atoms with E-state index in [1.165, 1.54) is 34.9 Å². The Morgan fingerprint density at radius 2 is 1.70 bits per heavy atom. The van der Waals surface area contributed by atoms with E-state index < -0.39 is 0 Å². The summed E-state index contributed by atoms with van der Waals surface area (Å²) in [7, 11) is 0. The zero-order valence-electron chi connectivity index (χ0n) is 20.1. The Hall–Kier alpha value is -2.14. The lowest BCUT2D eigenvalue weighted by Gasteiger charge is -2.42. The number of hydrogen-bond acceptors (Lipinski definition) is 3. The number of para-hydroxylation sites is 1. The molecule has 5 rings (SSSR count). The standard InChI is InChI=1S/C29H39N3O/c1-2-15-32-20-25(27-10-6-7-11-28(27)32)19-30-17-13-29(14-18-30)23-31(21-26(29)22-33)16-12-24-8-4-3-5-9-24/h3-11,20,26,33H,2,12-19,21-23H2,1H3. The van der Waals surface area contributed by atoms with Crippen molar-refractivity contribution in [3.05, 3.63) is 71.9 Å². The summed E-state index contributed by atoms with van der Waals surface area (Å²) >= 11 is 0. The summed E-state index contributed by atoms with van der Waals surface area (Å²) in [6.07, 6.45) is 7.05. The fraction of sp³-hybridized carbons (Fsp3) is 0.517. The molecule has 1 aromatic heterocycles. The zero-order valence-corrected chi connectivity index (χ0v) is 20.1. The summed E-state index contributed by atoms with van der Waals surface area (Å²) in [6, 6.07) is 19.7. The molecule has 4 heteroatoms. The van der Waals surface area contributed by atoms with Crippen LogP contribution in [-0.2, 0) is 19.5 Å². The van der Waals surface area contributed by atoms with Gasteiger partial charge in [-0.3, -0.25) is 4.90 Å². The van der Waals surface area contributed by atoms with Gasteiger partial charge in [0.1, 0.15) is 0 Å². The van der Waals surface area contributed by atoms with Crippen molar-refractivity contribution in [2.45, 2.75) is 45.7 Å². The number of nitrogens with zero attached hydrogens (tertiary/aromatic N) is 3. The molecule has 3 heterocycles. The van der Waals surface area contributed by atoms with Crippen LogP contribution in [0.5, 0.6) is 0 Å². The van der Waals surface area contributed by atoms with Gasteiger partial charge in [-0.05, 0) is 61.4 Å². The lowest BCUT2D eigenvalue weighted by Crippen LogP contribution is -2.44. The number of benzene rings is 2. The topological polar surface area (TPSA) is 31.6 Å². The molecule has 33 heavy (non-hydrogen) atoms. The van der Waals surface area contributed by atoms with Gasteiger partial charge in [-0.2, -0.15) is 0 Å². The first-order valence-corrected chi connectivity index (χ1v) is 12.9. The van der Waals surface area contributed by atoms with Crippen LogP contribution in [-0.4, -0.2) is 58.8 Å². The lowest BCUT2D eigenvalue weighted by atomic mass is 9.71. The molecule has 2 aliphatic rings. The van der Waals surface area contributed by atoms with Gasteiger partial charge in [-0.1, -0.05) is 55.5 Å². The highest BCUT2D eigenvalue weighted by atomic mass is 16.3. The molecule has 2 saturated heterocycles. The number of hydrogen-bond donors (Lipinski definition) is 1. The Kier molecular flexibility index (Phi) is 6.86. The second-order valence-corrected chi connectivity index (χ2v) is 10.4. The third kappa shape index (κ3) is 4.75. The number of piperidine rings is 1. The van der Waals surface area contributed by atoms with Crippen molar-refractivity contribution >= 4 is 10.9 Å². The second kappa shape index (κ2) is 10.0. The van der Waals surface area contributed by atoms with E-state index >= 15 is 0 Å². The molecule has 2 aliphatic heterocycles. The van der Waals surface area contributed by atoms with Gasteiger partial charge in [0.2, 0.25) is 0 Å². The molecule has 1 unspecified atom stereocenters. The van der Waals surface area contributed by atoms with Crippen molar-refractivity contribution in [3.63, 3.8) is 0 Å². The first kappa shape index (κ1) is 22.6. The Balaban J connectivity index is 1.21. The van der Waals surface area contributed by atoms with Crippen molar-refractivity contribution < 1.29 is 5.11 Å². The number of aromatic nitrogens is 1. The van der Waals surface area contributed by atoms with E-state index in [0.29, 0.717) is 12.5 Å². The average molecular weight is 446 g/mol. The van der Waals surface area contributed by atoms with E-state index in [-0.39, 0.29) is 5.41 Å². The molecule has 0 amide bonds. The van der Waals surface area contributed by atoms with E-state index in [9.17, 15) is 5.11 Å². The first-order valence-electron chi connectivity index (χ1n) is 12.9. The first-order chi connectivity index (χ1) is 16.2. The van der Waals surface area contributed by atoms with Gasteiger partial charge in [0, 0.05) is 62.3 Å². The molecule has 1 N–H and O–H groups in total. The summed E-state index contributed by atoms with van der Waals surface area (Å²) in [6.45, 7) is 10.3. The molecule has 2 fully saturated rings. The number of fused-ring (bicyclic) bond motifs is 1. The number of aliphatic hydroxyl groups is 1. The normalized spacial score (nSPS) is 21.3. The minimum Gasteiger partial charge on any atom is -0.396 e. The molecule has 0 radical (unpaired) electrons. The number of likely N-dealkylation sites (tertiary alicyclic amines) is 2. The maximum atomic E-state index is 10.2. The molecule has 2 aromatic carbocycles. The molecular formula is C29H39N3O. The molecule has 176 valence electrons. The minimum absolute atomic E-state index is 0.290. The maximum Gasteiger partial charge on any atom is 0.0483 e. The van der Waals surface area contributed by atoms with E-state index in [4.69, 9.17) is 0 Å². The Bertz CT molecular complexity index is 1040. The van der Waals surface area contributed by atoms with E-state index in [2.05, 4.69) is 82.1 Å². The molecule has 1 atom stereocenters. The van der Waals surface area contributed by atoms with Crippen LogP contribution in [0.4, 0.5) is 0 Å². The number of aryl methyl sites for hydroxylation is 1. The van der Waals surface area contributed by atoms with Gasteiger partial charge < -0.3 is 14.6 Å². The van der Waals surface area contributed by atoms with Gasteiger partial charge in [-0.25, -0.2) is 0 Å². The fourth-order valence-electron chi connectivity index (χ4n) is 6.34. The second-order valence-electron chi connectivity index (χ2n) is 10.4. The minimum atomic E-state index is 0.290. The van der Waals surface area contributed by atoms with Gasteiger partial charge in [-0.15, -0.1) is 0 Å². The average Bonchev–Trinajstić information content (AvgIpc) is 3.38. The number of aliphatic hydroxyl groups excluding tert-OH is 1. The van der Waals surface area contributed by atoms with Crippen LogP contribution in [0.3, 0.4) is 0 Å². The maximum absolute atomic E-state index is 10.2. The Morgan fingerprint density at radius 3 is 2.45 bits per heavy atom. The summed E-state index contributed by atoms with van der Waals surface area (Å²) in [4.78, 5) is 5.26. The quantitative estimate of drug-likeness (QED) is 0.540. The van der Waals surface area contributed by atoms with Gasteiger partial charge in [0.25, 0.3) is 0 Å². The third-order valence-electron chi connectivity index (χ3n) is 8.24. The van der Waals surface area contributed by atoms with Gasteiger partial charge in [0.05, 0.1) is 0 Å². The molecule has 4 nitrogen and oxygen atoms in total. The van der Waals surface area contributed by atoms with Crippen molar-refractivity contribution in [1.82, 2.24) is 14.4 Å². The van der Waals surface area contributed by atoms with Gasteiger partial charge >= 0.3 is 0 Å². The highest BCUT2D eigenvalue weighted by molar-refractivity contribution is 5.83. The van der Waals surface area contributed by atoms with Gasteiger partial charge in [0.15, 0.2) is 0 Å². The van der Waals surface area contributed by atoms with Crippen LogP contribution in [0.2, 0.25) is 0 Å². The van der Waals surface area contributed by atoms with E-state index in [1.54, 1.807) is 0 Å². The van der Waals surface area contributed by atoms with Crippen LogP contribution < -0.4 is 0 Å². The SMILES string of the molecule is CCCn1cc(CN2CCC3(CC2)CN(CCc2ccccc2)CC3CO)c2ccccc21. The number of rotatable bonds is 8. The predicted octanol–water partition coefficient (Wildman–Crippen LogP) is 4.80. The smallest absolute Gasteiger partial charge is 0.0483 e. The monoisotopic (exact) mass is 445 g/mol. The molecule has 0 bridgehead atoms. The molecule has 0 saturated carbocycles. The summed E-state index contributed by atoms with van der Waals surface area (Å²) in [5.41, 5.74) is 4.53. The highest BCUT2D eigenvalue weighted by Gasteiger charge is 2.47. The largest absolute Gasteiger partial charge is 0.396 e. The lowest BCUT2D eigenvalue weighted by molar-refractivity contribution is 0.0485. The van der Waals surface area contributed by atoms with Crippen LogP contribution in [0.1, 0.15) is 37.3 Å². The Morgan fingerprint density at radius 1 is 0.939 bits per heavy atom. The molecule has 3 aromatic rings. The van der Waals surface area contributed by atoms with E-state index in [0.717, 1.165) is 58.7 Å². The van der Waals surface area contributed by atoms with Crippen LogP contribution in [0.25, 0.3) is 10.9 Å². The summed E-state index contributed by atoms with van der Waals surface area (Å²) in [5, 5.41) is 11.6. The van der Waals surface area contributed by atoms with Crippen LogP contribution in [0.15, 0.2) is 60.8 Å². The van der Waals surface area contributed by atoms with Crippen molar-refractivity contribution in [2.24, 2.45) is 11.3 Å². The summed E-state index contributed by atoms with van der Waals surface area (Å²) < 4.78 is 2.43. The predicted molar refractivity (Wildman–Crippen MR) is 136 cm³/mol. The zero-order chi connectivity index (χ0) is 22.7. The molecule has 0 aliphatic carbocycles. The van der Waals surface area contributed by atoms with Crippen molar-refractivity contribution in [1.29, 1.82) is 0 Å². The van der Waals surface area contributed by atoms with Crippen LogP contribution in [0, 0.1) is 11.3 Å². The summed E-state index contributed by atoms with van der Waals surface area (Å²) in [5.74, 6) is 0.418. The highest BCUT2D eigenvalue weighted by Crippen LogP contribution is 2.44. The molecular weight excluding hydrogens is 406 g/mol. The fourth-order valence-corrected chi connectivity index (χ4v) is 6.34.